The van der Waals surface area contributed by atoms with Crippen LogP contribution in [0.5, 0.6) is 0 Å². The molecule has 2 unspecified atom stereocenters. The summed E-state index contributed by atoms with van der Waals surface area (Å²) in [5, 5.41) is 0. The molecule has 10 heavy (non-hydrogen) atoms. The Bertz CT molecular complexity index is 166. The summed E-state index contributed by atoms with van der Waals surface area (Å²) in [7, 11) is -6.75. The van der Waals surface area contributed by atoms with Crippen molar-refractivity contribution in [2.45, 2.75) is 13.3 Å². The van der Waals surface area contributed by atoms with Crippen LogP contribution in [0.2, 0.25) is 0 Å². The zero-order valence-electron chi connectivity index (χ0n) is 5.43. The highest BCUT2D eigenvalue weighted by atomic mass is 31.2. The van der Waals surface area contributed by atoms with Gasteiger partial charge in [-0.15, -0.1) is 4.89 Å². The van der Waals surface area contributed by atoms with Crippen LogP contribution in [0, 0.1) is 0 Å². The van der Waals surface area contributed by atoms with Crippen molar-refractivity contribution in [3.8, 4) is 0 Å². The summed E-state index contributed by atoms with van der Waals surface area (Å²) >= 11 is 0. The van der Waals surface area contributed by atoms with E-state index < -0.39 is 15.9 Å². The minimum atomic E-state index is -3.78. The number of hydrogen-bond acceptors (Lipinski definition) is 3. The first-order valence-corrected chi connectivity index (χ1v) is 5.55. The van der Waals surface area contributed by atoms with Crippen LogP contribution in [0.4, 0.5) is 0 Å². The van der Waals surface area contributed by atoms with Gasteiger partial charge in [-0.2, -0.15) is 0 Å². The zero-order chi connectivity index (χ0) is 8.20. The molecule has 60 valence electrons. The van der Waals surface area contributed by atoms with E-state index in [0.717, 1.165) is 0 Å². The molecule has 2 N–H and O–H groups in total. The molecule has 0 aromatic carbocycles. The van der Waals surface area contributed by atoms with E-state index in [9.17, 15) is 9.13 Å². The Labute approximate surface area is 59.5 Å². The van der Waals surface area contributed by atoms with Gasteiger partial charge in [-0.1, -0.05) is 6.92 Å². The molecule has 0 aliphatic carbocycles. The van der Waals surface area contributed by atoms with Gasteiger partial charge in [0.05, 0.1) is 6.16 Å². The largest absolute Gasteiger partial charge is 0.703 e. The second-order valence-electron chi connectivity index (χ2n) is 1.68. The Balaban J connectivity index is 3.87. The predicted octanol–water partition coefficient (Wildman–Crippen LogP) is 1.25. The minimum absolute atomic E-state index is 0.0887. The lowest BCUT2D eigenvalue weighted by atomic mass is 10.6. The van der Waals surface area contributed by atoms with Gasteiger partial charge in [0.15, 0.2) is 0 Å². The third kappa shape index (κ3) is 5.03. The fourth-order valence-corrected chi connectivity index (χ4v) is 2.20. The first-order valence-electron chi connectivity index (χ1n) is 2.65. The number of rotatable bonds is 4. The maximum absolute atomic E-state index is 10.6. The first kappa shape index (κ1) is 10.2. The van der Waals surface area contributed by atoms with Gasteiger partial charge in [-0.05, 0) is 10.7 Å². The van der Waals surface area contributed by atoms with Crippen LogP contribution in [-0.2, 0) is 13.4 Å². The molecule has 5 nitrogen and oxygen atoms in total. The summed E-state index contributed by atoms with van der Waals surface area (Å²) < 4.78 is 24.4. The summed E-state index contributed by atoms with van der Waals surface area (Å²) in [6.07, 6.45) is 0.353. The summed E-state index contributed by atoms with van der Waals surface area (Å²) in [6, 6.07) is 0. The fourth-order valence-electron chi connectivity index (χ4n) is 0.433. The highest BCUT2D eigenvalue weighted by molar-refractivity contribution is 7.59. The van der Waals surface area contributed by atoms with Crippen LogP contribution in [0.15, 0.2) is 0 Å². The maximum atomic E-state index is 10.6. The smallest absolute Gasteiger partial charge is 0.322 e. The Hall–Kier alpha value is 0.210. The number of hydrogen-bond donors (Lipinski definition) is 2. The fraction of sp³-hybridized carbons (Fsp3) is 1.00. The Morgan fingerprint density at radius 2 is 2.20 bits per heavy atom. The van der Waals surface area contributed by atoms with Gasteiger partial charge < -0.3 is 4.89 Å². The molecule has 0 heterocycles. The molecule has 0 fully saturated rings. The second-order valence-corrected chi connectivity index (χ2v) is 4.53. The van der Waals surface area contributed by atoms with E-state index in [1.54, 1.807) is 6.92 Å². The van der Waals surface area contributed by atoms with E-state index in [1.165, 1.54) is 0 Å². The van der Waals surface area contributed by atoms with E-state index in [4.69, 9.17) is 9.79 Å². The molecular weight excluding hydrogens is 178 g/mol. The summed E-state index contributed by atoms with van der Waals surface area (Å²) in [5.74, 6) is 0. The van der Waals surface area contributed by atoms with Crippen molar-refractivity contribution in [3.05, 3.63) is 0 Å². The summed E-state index contributed by atoms with van der Waals surface area (Å²) in [4.78, 5) is 16.7. The SMILES string of the molecule is CCCP(=O)(O)O[P+](=O)O. The topological polar surface area (TPSA) is 83.8 Å². The molecule has 0 radical (unpaired) electrons. The molecule has 0 rings (SSSR count). The van der Waals surface area contributed by atoms with Crippen molar-refractivity contribution < 1.29 is 23.2 Å². The quantitative estimate of drug-likeness (QED) is 0.647. The molecule has 0 aromatic rings. The van der Waals surface area contributed by atoms with Crippen molar-refractivity contribution in [3.63, 3.8) is 0 Å². The third-order valence-corrected chi connectivity index (χ3v) is 3.30. The molecule has 7 heteroatoms. The van der Waals surface area contributed by atoms with Crippen molar-refractivity contribution in [1.29, 1.82) is 0 Å². The molecule has 0 saturated carbocycles. The first-order chi connectivity index (χ1) is 4.48. The maximum Gasteiger partial charge on any atom is 0.703 e. The Morgan fingerprint density at radius 1 is 1.70 bits per heavy atom. The van der Waals surface area contributed by atoms with Crippen LogP contribution in [0.1, 0.15) is 13.3 Å². The van der Waals surface area contributed by atoms with Crippen molar-refractivity contribution in [1.82, 2.24) is 0 Å². The van der Waals surface area contributed by atoms with E-state index in [-0.39, 0.29) is 6.16 Å². The highest BCUT2D eigenvalue weighted by Gasteiger charge is 2.31. The highest BCUT2D eigenvalue weighted by Crippen LogP contribution is 2.49. The lowest BCUT2D eigenvalue weighted by Crippen LogP contribution is -1.86. The lowest BCUT2D eigenvalue weighted by molar-refractivity contribution is 0.350. The van der Waals surface area contributed by atoms with Gasteiger partial charge >= 0.3 is 15.9 Å². The Kier molecular flexibility index (Phi) is 4.25. The van der Waals surface area contributed by atoms with E-state index in [1.807, 2.05) is 0 Å². The van der Waals surface area contributed by atoms with Gasteiger partial charge in [0, 0.05) is 4.57 Å². The minimum Gasteiger partial charge on any atom is -0.322 e. The standard InChI is InChI=1S/C3H8O5P2/c1-2-3-10(6,7)8-9(4)5/h2-3H2,1H3,(H-,4,5,6,7)/p+1. The molecule has 0 aliphatic heterocycles. The molecule has 0 aliphatic rings. The van der Waals surface area contributed by atoms with Gasteiger partial charge in [-0.25, -0.2) is 0 Å². The van der Waals surface area contributed by atoms with Crippen LogP contribution in [-0.4, -0.2) is 15.9 Å². The van der Waals surface area contributed by atoms with E-state index in [2.05, 4.69) is 4.31 Å². The van der Waals surface area contributed by atoms with Crippen LogP contribution in [0.3, 0.4) is 0 Å². The molecule has 0 saturated heterocycles. The monoisotopic (exact) mass is 187 g/mol. The van der Waals surface area contributed by atoms with Crippen LogP contribution < -0.4 is 0 Å². The van der Waals surface area contributed by atoms with Crippen LogP contribution >= 0.6 is 15.9 Å². The van der Waals surface area contributed by atoms with Gasteiger partial charge in [-0.3, -0.25) is 4.57 Å². The molecule has 0 spiro atoms. The van der Waals surface area contributed by atoms with Crippen LogP contribution in [0.25, 0.3) is 0 Å². The van der Waals surface area contributed by atoms with Gasteiger partial charge in [0.2, 0.25) is 0 Å². The molecular formula is C3H9O5P2+. The average molecular weight is 187 g/mol. The van der Waals surface area contributed by atoms with Gasteiger partial charge in [0.1, 0.15) is 0 Å². The zero-order valence-corrected chi connectivity index (χ0v) is 7.22. The molecule has 2 atom stereocenters. The van der Waals surface area contributed by atoms with E-state index >= 15 is 0 Å². The summed E-state index contributed by atoms with van der Waals surface area (Å²) in [5.41, 5.74) is 0. The molecule has 0 amide bonds. The van der Waals surface area contributed by atoms with E-state index in [0.29, 0.717) is 6.42 Å². The molecule has 0 bridgehead atoms. The van der Waals surface area contributed by atoms with Gasteiger partial charge in [0.25, 0.3) is 0 Å². The third-order valence-electron chi connectivity index (χ3n) is 0.704. The lowest BCUT2D eigenvalue weighted by Gasteiger charge is -1.98. The van der Waals surface area contributed by atoms with Crippen molar-refractivity contribution >= 4 is 15.9 Å². The second kappa shape index (κ2) is 4.16. The van der Waals surface area contributed by atoms with Crippen molar-refractivity contribution in [2.24, 2.45) is 0 Å². The summed E-state index contributed by atoms with van der Waals surface area (Å²) in [6.45, 7) is 1.68. The average Bonchev–Trinajstić information content (AvgIpc) is 1.59. The normalized spacial score (nSPS) is 18.1. The Morgan fingerprint density at radius 3 is 2.50 bits per heavy atom. The molecule has 0 aromatic heterocycles. The predicted molar refractivity (Wildman–Crippen MR) is 35.9 cm³/mol. The van der Waals surface area contributed by atoms with Crippen molar-refractivity contribution in [2.75, 3.05) is 6.16 Å².